The van der Waals surface area contributed by atoms with Gasteiger partial charge in [0, 0.05) is 12.1 Å². The van der Waals surface area contributed by atoms with Crippen LogP contribution < -0.4 is 4.90 Å². The lowest BCUT2D eigenvalue weighted by Gasteiger charge is -2.32. The number of unbranched alkanes of at least 4 members (excludes halogenated alkanes) is 14. The number of amides is 1. The van der Waals surface area contributed by atoms with Gasteiger partial charge in [-0.05, 0) is 58.7 Å². The van der Waals surface area contributed by atoms with E-state index in [9.17, 15) is 9.90 Å². The number of carbonyl (C=O) groups excluding carboxylic acids is 1. The van der Waals surface area contributed by atoms with Crippen LogP contribution in [0.3, 0.4) is 0 Å². The number of phenols is 1. The van der Waals surface area contributed by atoms with Gasteiger partial charge in [-0.2, -0.15) is 0 Å². The van der Waals surface area contributed by atoms with Crippen LogP contribution >= 0.6 is 0 Å². The van der Waals surface area contributed by atoms with Crippen LogP contribution in [0.15, 0.2) is 42.5 Å². The van der Waals surface area contributed by atoms with Crippen LogP contribution in [0, 0.1) is 0 Å². The number of phenolic OH excluding ortho intramolecular Hbond substituents is 1. The summed E-state index contributed by atoms with van der Waals surface area (Å²) in [5, 5.41) is 9.91. The zero-order chi connectivity index (χ0) is 30.3. The lowest BCUT2D eigenvalue weighted by atomic mass is 9.79. The number of benzene rings is 2. The van der Waals surface area contributed by atoms with Crippen LogP contribution in [0.1, 0.15) is 162 Å². The van der Waals surface area contributed by atoms with Gasteiger partial charge in [-0.1, -0.05) is 150 Å². The Kier molecular flexibility index (Phi) is 15.0. The third kappa shape index (κ3) is 12.6. The molecule has 0 aromatic heterocycles. The number of hydrogen-bond acceptors (Lipinski definition) is 2. The lowest BCUT2D eigenvalue weighted by Crippen LogP contribution is -2.29. The highest BCUT2D eigenvalue weighted by Gasteiger charge is 2.28. The standard InChI is InChI=1S/C38H61NO2/c1-8-9-10-11-12-13-14-15-16-17-18-19-20-21-22-23-36(41)39(32-25-27-33(40)28-26-32)35-29-24-31(37(2,3)4)30-34(35)38(5,6)7/h24-30,40H,8-23H2,1-7H3. The fourth-order valence-corrected chi connectivity index (χ4v) is 5.58. The molecule has 0 saturated carbocycles. The van der Waals surface area contributed by atoms with E-state index in [4.69, 9.17) is 0 Å². The molecule has 0 saturated heterocycles. The van der Waals surface area contributed by atoms with E-state index in [-0.39, 0.29) is 22.5 Å². The zero-order valence-corrected chi connectivity index (χ0v) is 27.7. The van der Waals surface area contributed by atoms with Crippen molar-refractivity contribution >= 4 is 17.3 Å². The van der Waals surface area contributed by atoms with Gasteiger partial charge in [0.2, 0.25) is 5.91 Å². The average molecular weight is 564 g/mol. The second-order valence-electron chi connectivity index (χ2n) is 14.2. The second-order valence-corrected chi connectivity index (χ2v) is 14.2. The van der Waals surface area contributed by atoms with E-state index >= 15 is 0 Å². The Bertz CT molecular complexity index is 1010. The van der Waals surface area contributed by atoms with Gasteiger partial charge in [0.1, 0.15) is 5.75 Å². The Morgan fingerprint density at radius 2 is 1.10 bits per heavy atom. The van der Waals surface area contributed by atoms with Crippen molar-refractivity contribution in [1.29, 1.82) is 0 Å². The van der Waals surface area contributed by atoms with E-state index in [1.54, 1.807) is 12.1 Å². The number of carbonyl (C=O) groups is 1. The summed E-state index contributed by atoms with van der Waals surface area (Å²) >= 11 is 0. The summed E-state index contributed by atoms with van der Waals surface area (Å²) in [5.74, 6) is 0.335. The van der Waals surface area contributed by atoms with Crippen molar-refractivity contribution < 1.29 is 9.90 Å². The molecule has 0 heterocycles. The average Bonchev–Trinajstić information content (AvgIpc) is 2.91. The highest BCUT2D eigenvalue weighted by atomic mass is 16.3. The van der Waals surface area contributed by atoms with E-state index < -0.39 is 0 Å². The Labute approximate surface area is 253 Å². The molecule has 0 atom stereocenters. The third-order valence-corrected chi connectivity index (χ3v) is 8.26. The van der Waals surface area contributed by atoms with Crippen molar-refractivity contribution in [3.8, 4) is 5.75 Å². The van der Waals surface area contributed by atoms with E-state index in [0.29, 0.717) is 6.42 Å². The molecule has 0 aliphatic heterocycles. The third-order valence-electron chi connectivity index (χ3n) is 8.26. The van der Waals surface area contributed by atoms with Crippen molar-refractivity contribution in [2.24, 2.45) is 0 Å². The van der Waals surface area contributed by atoms with Gasteiger partial charge in [-0.15, -0.1) is 0 Å². The molecule has 230 valence electrons. The molecule has 2 aromatic rings. The van der Waals surface area contributed by atoms with Crippen LogP contribution in [0.25, 0.3) is 0 Å². The highest BCUT2D eigenvalue weighted by Crippen LogP contribution is 2.39. The minimum absolute atomic E-state index is 0.0276. The van der Waals surface area contributed by atoms with Crippen LogP contribution in [0.2, 0.25) is 0 Å². The first-order valence-corrected chi connectivity index (χ1v) is 16.7. The topological polar surface area (TPSA) is 40.5 Å². The van der Waals surface area contributed by atoms with Crippen molar-refractivity contribution in [2.75, 3.05) is 4.90 Å². The molecule has 0 unspecified atom stereocenters. The molecule has 1 N–H and O–H groups in total. The van der Waals surface area contributed by atoms with Crippen molar-refractivity contribution in [1.82, 2.24) is 0 Å². The molecule has 3 nitrogen and oxygen atoms in total. The van der Waals surface area contributed by atoms with Crippen LogP contribution in [0.5, 0.6) is 5.75 Å². The number of rotatable bonds is 18. The molecule has 41 heavy (non-hydrogen) atoms. The smallest absolute Gasteiger partial charge is 0.231 e. The maximum atomic E-state index is 13.8. The van der Waals surface area contributed by atoms with Crippen LogP contribution in [-0.4, -0.2) is 11.0 Å². The molecule has 0 fully saturated rings. The number of aromatic hydroxyl groups is 1. The van der Waals surface area contributed by atoms with E-state index in [1.165, 1.54) is 94.6 Å². The Hall–Kier alpha value is -2.29. The van der Waals surface area contributed by atoms with Gasteiger partial charge in [-0.3, -0.25) is 9.69 Å². The minimum atomic E-state index is -0.124. The molecule has 3 heteroatoms. The molecule has 2 rings (SSSR count). The predicted molar refractivity (Wildman–Crippen MR) is 179 cm³/mol. The number of nitrogens with zero attached hydrogens (tertiary/aromatic N) is 1. The molecule has 0 spiro atoms. The fraction of sp³-hybridized carbons (Fsp3) is 0.658. The van der Waals surface area contributed by atoms with E-state index in [1.807, 2.05) is 17.0 Å². The first kappa shape index (κ1) is 34.9. The molecule has 0 radical (unpaired) electrons. The summed E-state index contributed by atoms with van der Waals surface area (Å²) in [6.07, 6.45) is 20.3. The van der Waals surface area contributed by atoms with Gasteiger partial charge >= 0.3 is 0 Å². The molecular weight excluding hydrogens is 502 g/mol. The second kappa shape index (κ2) is 17.6. The van der Waals surface area contributed by atoms with E-state index in [2.05, 4.69) is 66.7 Å². The van der Waals surface area contributed by atoms with Crippen molar-refractivity contribution in [3.05, 3.63) is 53.6 Å². The largest absolute Gasteiger partial charge is 0.508 e. The number of anilines is 2. The molecule has 1 amide bonds. The lowest BCUT2D eigenvalue weighted by molar-refractivity contribution is -0.118. The Morgan fingerprint density at radius 3 is 1.54 bits per heavy atom. The molecule has 2 aromatic carbocycles. The quantitative estimate of drug-likeness (QED) is 0.183. The molecule has 0 bridgehead atoms. The normalized spacial score (nSPS) is 12.1. The molecule has 0 aliphatic carbocycles. The molecule has 0 aliphatic rings. The highest BCUT2D eigenvalue weighted by molar-refractivity contribution is 6.01. The maximum absolute atomic E-state index is 13.8. The number of hydrogen-bond donors (Lipinski definition) is 1. The van der Waals surface area contributed by atoms with Gasteiger partial charge in [-0.25, -0.2) is 0 Å². The summed E-state index contributed by atoms with van der Waals surface area (Å²) in [4.78, 5) is 15.7. The first-order chi connectivity index (χ1) is 19.4. The SMILES string of the molecule is CCCCCCCCCCCCCCCCCC(=O)N(c1ccc(O)cc1)c1ccc(C(C)(C)C)cc1C(C)(C)C. The first-order valence-electron chi connectivity index (χ1n) is 16.7. The zero-order valence-electron chi connectivity index (χ0n) is 27.7. The van der Waals surface area contributed by atoms with Crippen molar-refractivity contribution in [3.63, 3.8) is 0 Å². The van der Waals surface area contributed by atoms with Crippen molar-refractivity contribution in [2.45, 2.75) is 162 Å². The van der Waals surface area contributed by atoms with E-state index in [0.717, 1.165) is 24.2 Å². The van der Waals surface area contributed by atoms with Gasteiger partial charge < -0.3 is 5.11 Å². The fourth-order valence-electron chi connectivity index (χ4n) is 5.58. The Balaban J connectivity index is 1.90. The van der Waals surface area contributed by atoms with Crippen LogP contribution in [0.4, 0.5) is 11.4 Å². The summed E-state index contributed by atoms with van der Waals surface area (Å²) in [7, 11) is 0. The van der Waals surface area contributed by atoms with Gasteiger partial charge in [0.15, 0.2) is 0 Å². The molecular formula is C38H61NO2. The summed E-state index contributed by atoms with van der Waals surface area (Å²) in [6.45, 7) is 15.6. The van der Waals surface area contributed by atoms with Crippen LogP contribution in [-0.2, 0) is 15.6 Å². The van der Waals surface area contributed by atoms with Gasteiger partial charge in [0.05, 0.1) is 5.69 Å². The monoisotopic (exact) mass is 563 g/mol. The summed E-state index contributed by atoms with van der Waals surface area (Å²) in [6, 6.07) is 13.6. The maximum Gasteiger partial charge on any atom is 0.231 e. The van der Waals surface area contributed by atoms with Gasteiger partial charge in [0.25, 0.3) is 0 Å². The summed E-state index contributed by atoms with van der Waals surface area (Å²) in [5.41, 5.74) is 4.10. The Morgan fingerprint density at radius 1 is 0.634 bits per heavy atom. The minimum Gasteiger partial charge on any atom is -0.508 e. The predicted octanol–water partition coefficient (Wildman–Crippen LogP) is 11.9. The summed E-state index contributed by atoms with van der Waals surface area (Å²) < 4.78 is 0.